The van der Waals surface area contributed by atoms with Crippen LogP contribution in [0.1, 0.15) is 16.2 Å². The van der Waals surface area contributed by atoms with Crippen molar-refractivity contribution in [1.82, 2.24) is 20.2 Å². The van der Waals surface area contributed by atoms with Gasteiger partial charge in [-0.25, -0.2) is 14.8 Å². The van der Waals surface area contributed by atoms with Crippen LogP contribution in [-0.2, 0) is 0 Å². The van der Waals surface area contributed by atoms with Crippen LogP contribution in [0, 0.1) is 17.0 Å². The fourth-order valence-electron chi connectivity index (χ4n) is 1.26. The number of hydrogen-bond acceptors (Lipinski definition) is 7. The third-order valence-corrected chi connectivity index (χ3v) is 2.86. The number of hydrogen-bond donors (Lipinski definition) is 2. The zero-order valence-electron chi connectivity index (χ0n) is 9.52. The molecule has 0 amide bonds. The van der Waals surface area contributed by atoms with Gasteiger partial charge < -0.3 is 5.11 Å². The van der Waals surface area contributed by atoms with Gasteiger partial charge in [0.05, 0.1) is 4.92 Å². The van der Waals surface area contributed by atoms with Crippen molar-refractivity contribution < 1.29 is 14.8 Å². The fourth-order valence-corrected chi connectivity index (χ4v) is 2.01. The highest BCUT2D eigenvalue weighted by molar-refractivity contribution is 7.99. The smallest absolute Gasteiger partial charge is 0.342 e. The molecule has 0 saturated carbocycles. The predicted molar refractivity (Wildman–Crippen MR) is 63.1 cm³/mol. The van der Waals surface area contributed by atoms with E-state index < -0.39 is 22.1 Å². The fraction of sp³-hybridized carbons (Fsp3) is 0.111. The summed E-state index contributed by atoms with van der Waals surface area (Å²) in [6.07, 6.45) is 0.908. The van der Waals surface area contributed by atoms with E-state index in [9.17, 15) is 14.9 Å². The van der Waals surface area contributed by atoms with E-state index in [1.54, 1.807) is 6.92 Å². The van der Waals surface area contributed by atoms with Crippen LogP contribution in [0.3, 0.4) is 0 Å². The van der Waals surface area contributed by atoms with E-state index in [4.69, 9.17) is 5.11 Å². The summed E-state index contributed by atoms with van der Waals surface area (Å²) in [5.41, 5.74) is -0.974. The molecule has 9 nitrogen and oxygen atoms in total. The molecule has 2 aromatic rings. The van der Waals surface area contributed by atoms with Gasteiger partial charge in [-0.2, -0.15) is 0 Å². The van der Waals surface area contributed by atoms with Crippen molar-refractivity contribution in [2.75, 3.05) is 0 Å². The van der Waals surface area contributed by atoms with Gasteiger partial charge in [0.15, 0.2) is 0 Å². The summed E-state index contributed by atoms with van der Waals surface area (Å²) in [5.74, 6) is -0.787. The van der Waals surface area contributed by atoms with Gasteiger partial charge in [0, 0.05) is 0 Å². The molecule has 2 N–H and O–H groups in total. The number of carbonyl (C=O) groups is 1. The quantitative estimate of drug-likeness (QED) is 0.631. The summed E-state index contributed by atoms with van der Waals surface area (Å²) >= 11 is 1.01. The van der Waals surface area contributed by atoms with E-state index in [1.807, 2.05) is 0 Å². The Morgan fingerprint density at radius 3 is 2.84 bits per heavy atom. The molecule has 0 unspecified atom stereocenters. The molecule has 0 fully saturated rings. The average molecular weight is 281 g/mol. The predicted octanol–water partition coefficient (Wildman–Crippen LogP) is 1.27. The summed E-state index contributed by atoms with van der Waals surface area (Å²) < 4.78 is 0. The zero-order valence-corrected chi connectivity index (χ0v) is 10.3. The molecule has 0 spiro atoms. The lowest BCUT2D eigenvalue weighted by Gasteiger charge is -2.00. The first-order chi connectivity index (χ1) is 8.97. The Kier molecular flexibility index (Phi) is 3.42. The van der Waals surface area contributed by atoms with E-state index in [2.05, 4.69) is 20.2 Å². The topological polar surface area (TPSA) is 135 Å². The number of nitro groups is 1. The minimum absolute atomic E-state index is 0.266. The molecule has 0 aliphatic rings. The van der Waals surface area contributed by atoms with Crippen molar-refractivity contribution >= 4 is 23.4 Å². The van der Waals surface area contributed by atoms with Crippen molar-refractivity contribution in [2.24, 2.45) is 0 Å². The second kappa shape index (κ2) is 5.02. The molecule has 98 valence electrons. The maximum atomic E-state index is 11.0. The van der Waals surface area contributed by atoms with E-state index in [0.717, 1.165) is 24.0 Å². The summed E-state index contributed by atoms with van der Waals surface area (Å²) in [5, 5.41) is 26.7. The van der Waals surface area contributed by atoms with Crippen LogP contribution >= 0.6 is 11.8 Å². The third-order valence-electron chi connectivity index (χ3n) is 2.06. The Labute approximate surface area is 110 Å². The number of nitrogens with zero attached hydrogens (tertiary/aromatic N) is 4. The van der Waals surface area contributed by atoms with Crippen molar-refractivity contribution in [2.45, 2.75) is 17.1 Å². The monoisotopic (exact) mass is 281 g/mol. The van der Waals surface area contributed by atoms with Crippen LogP contribution in [0.25, 0.3) is 0 Å². The largest absolute Gasteiger partial charge is 0.477 e. The molecule has 19 heavy (non-hydrogen) atoms. The van der Waals surface area contributed by atoms with Gasteiger partial charge in [0.1, 0.15) is 22.6 Å². The van der Waals surface area contributed by atoms with Gasteiger partial charge in [-0.1, -0.05) is 0 Å². The number of carboxylic acid groups (broad SMARTS) is 1. The Bertz CT molecular complexity index is 656. The lowest BCUT2D eigenvalue weighted by molar-refractivity contribution is -0.385. The van der Waals surface area contributed by atoms with Crippen LogP contribution in [0.5, 0.6) is 0 Å². The van der Waals surface area contributed by atoms with E-state index >= 15 is 0 Å². The standard InChI is InChI=1S/C9H7N5O4S/c1-4-11-9(13-12-4)19-7-2-5(8(15)16)6(3-10-7)14(17)18/h2-3H,1H3,(H,15,16)(H,11,12,13). The highest BCUT2D eigenvalue weighted by atomic mass is 32.2. The van der Waals surface area contributed by atoms with Gasteiger partial charge in [-0.3, -0.25) is 15.2 Å². The first kappa shape index (κ1) is 13.0. The van der Waals surface area contributed by atoms with Crippen molar-refractivity contribution in [1.29, 1.82) is 0 Å². The number of carboxylic acids is 1. The van der Waals surface area contributed by atoms with E-state index in [-0.39, 0.29) is 5.03 Å². The highest BCUT2D eigenvalue weighted by Gasteiger charge is 2.21. The maximum Gasteiger partial charge on any atom is 0.342 e. The van der Waals surface area contributed by atoms with Gasteiger partial charge in [-0.15, -0.1) is 5.10 Å². The molecule has 0 atom stereocenters. The molecule has 0 bridgehead atoms. The van der Waals surface area contributed by atoms with Gasteiger partial charge in [0.25, 0.3) is 0 Å². The average Bonchev–Trinajstić information content (AvgIpc) is 2.74. The molecular weight excluding hydrogens is 274 g/mol. The molecule has 2 aromatic heterocycles. The number of pyridine rings is 1. The molecular formula is C9H7N5O4S. The number of H-pyrrole nitrogens is 1. The SMILES string of the molecule is Cc1nc(Sc2cc(C(=O)O)c([N+](=O)[O-])cn2)n[nH]1. The first-order valence-corrected chi connectivity index (χ1v) is 5.73. The summed E-state index contributed by atoms with van der Waals surface area (Å²) in [6.45, 7) is 1.71. The van der Waals surface area contributed by atoms with Crippen LogP contribution in [0.4, 0.5) is 5.69 Å². The first-order valence-electron chi connectivity index (χ1n) is 4.92. The highest BCUT2D eigenvalue weighted by Crippen LogP contribution is 2.27. The summed E-state index contributed by atoms with van der Waals surface area (Å²) in [4.78, 5) is 28.7. The third kappa shape index (κ3) is 2.85. The molecule has 0 aliphatic heterocycles. The number of aryl methyl sites for hydroxylation is 1. The van der Waals surface area contributed by atoms with Gasteiger partial charge in [-0.05, 0) is 24.8 Å². The van der Waals surface area contributed by atoms with Crippen molar-refractivity contribution in [3.05, 3.63) is 33.8 Å². The maximum absolute atomic E-state index is 11.0. The van der Waals surface area contributed by atoms with E-state index in [1.165, 1.54) is 0 Å². The second-order valence-corrected chi connectivity index (χ2v) is 4.39. The molecule has 2 heterocycles. The zero-order chi connectivity index (χ0) is 14.0. The minimum Gasteiger partial charge on any atom is -0.477 e. The second-order valence-electron chi connectivity index (χ2n) is 3.41. The lowest BCUT2D eigenvalue weighted by atomic mass is 10.2. The number of rotatable bonds is 4. The normalized spacial score (nSPS) is 10.4. The van der Waals surface area contributed by atoms with Crippen LogP contribution in [0.2, 0.25) is 0 Å². The number of aromatic nitrogens is 4. The van der Waals surface area contributed by atoms with Crippen molar-refractivity contribution in [3.63, 3.8) is 0 Å². The summed E-state index contributed by atoms with van der Waals surface area (Å²) in [6, 6.07) is 1.12. The molecule has 0 radical (unpaired) electrons. The van der Waals surface area contributed by atoms with Crippen LogP contribution in [0.15, 0.2) is 22.4 Å². The molecule has 2 rings (SSSR count). The molecule has 0 aromatic carbocycles. The number of nitrogens with one attached hydrogen (secondary N) is 1. The van der Waals surface area contributed by atoms with Gasteiger partial charge >= 0.3 is 11.7 Å². The Balaban J connectivity index is 2.35. The van der Waals surface area contributed by atoms with Crippen molar-refractivity contribution in [3.8, 4) is 0 Å². The molecule has 10 heteroatoms. The molecule has 0 aliphatic carbocycles. The van der Waals surface area contributed by atoms with Crippen LogP contribution in [-0.4, -0.2) is 36.2 Å². The number of aromatic amines is 1. The minimum atomic E-state index is -1.39. The Morgan fingerprint density at radius 2 is 2.32 bits per heavy atom. The Morgan fingerprint density at radius 1 is 1.58 bits per heavy atom. The summed E-state index contributed by atoms with van der Waals surface area (Å²) in [7, 11) is 0. The van der Waals surface area contributed by atoms with Crippen LogP contribution < -0.4 is 0 Å². The lowest BCUT2D eigenvalue weighted by Crippen LogP contribution is -2.03. The molecule has 0 saturated heterocycles. The number of aromatic carboxylic acids is 1. The van der Waals surface area contributed by atoms with Gasteiger partial charge in [0.2, 0.25) is 5.16 Å². The Hall–Kier alpha value is -2.49. The van der Waals surface area contributed by atoms with E-state index in [0.29, 0.717) is 11.0 Å².